The molecule has 1 amide bonds. The number of carbonyl (C=O) groups excluding carboxylic acids is 1. The fourth-order valence-corrected chi connectivity index (χ4v) is 3.30. The Bertz CT molecular complexity index is 317. The van der Waals surface area contributed by atoms with Crippen molar-refractivity contribution in [3.8, 4) is 0 Å². The number of rotatable bonds is 3. The van der Waals surface area contributed by atoms with Crippen LogP contribution in [0.15, 0.2) is 0 Å². The summed E-state index contributed by atoms with van der Waals surface area (Å²) >= 11 is 0. The van der Waals surface area contributed by atoms with Gasteiger partial charge in [-0.05, 0) is 38.5 Å². The minimum atomic E-state index is -0.0274. The van der Waals surface area contributed by atoms with Gasteiger partial charge in [-0.3, -0.25) is 10.1 Å². The first-order valence-corrected chi connectivity index (χ1v) is 6.92. The summed E-state index contributed by atoms with van der Waals surface area (Å²) in [6.45, 7) is 4.92. The van der Waals surface area contributed by atoms with Gasteiger partial charge in [-0.1, -0.05) is 6.92 Å². The smallest absolute Gasteiger partial charge is 0.241 e. The second-order valence-electron chi connectivity index (χ2n) is 5.59. The van der Waals surface area contributed by atoms with E-state index in [1.54, 1.807) is 0 Å². The lowest BCUT2D eigenvalue weighted by atomic mass is 10.0. The van der Waals surface area contributed by atoms with E-state index in [1.807, 2.05) is 6.92 Å². The zero-order valence-electron chi connectivity index (χ0n) is 10.7. The Labute approximate surface area is 103 Å². The SMILES string of the molecule is CCC1NC(C)C(=O)N1C1CCOC1C1CC1. The molecule has 0 radical (unpaired) electrons. The van der Waals surface area contributed by atoms with Crippen LogP contribution >= 0.6 is 0 Å². The van der Waals surface area contributed by atoms with Crippen LogP contribution in [0.5, 0.6) is 0 Å². The summed E-state index contributed by atoms with van der Waals surface area (Å²) in [5.41, 5.74) is 0. The first-order valence-electron chi connectivity index (χ1n) is 6.92. The predicted octanol–water partition coefficient (Wildman–Crippen LogP) is 1.11. The van der Waals surface area contributed by atoms with Crippen LogP contribution in [0.4, 0.5) is 0 Å². The van der Waals surface area contributed by atoms with Crippen molar-refractivity contribution >= 4 is 5.91 Å². The van der Waals surface area contributed by atoms with Crippen molar-refractivity contribution in [3.63, 3.8) is 0 Å². The number of hydrogen-bond acceptors (Lipinski definition) is 3. The summed E-state index contributed by atoms with van der Waals surface area (Å²) < 4.78 is 5.86. The molecule has 3 aliphatic rings. The topological polar surface area (TPSA) is 41.6 Å². The molecule has 2 aliphatic heterocycles. The molecule has 3 fully saturated rings. The Hall–Kier alpha value is -0.610. The van der Waals surface area contributed by atoms with Gasteiger partial charge in [0.25, 0.3) is 0 Å². The van der Waals surface area contributed by atoms with Gasteiger partial charge in [-0.2, -0.15) is 0 Å². The number of carbonyl (C=O) groups is 1. The molecule has 96 valence electrons. The molecule has 4 unspecified atom stereocenters. The molecule has 4 nitrogen and oxygen atoms in total. The lowest BCUT2D eigenvalue weighted by Crippen LogP contribution is -2.48. The zero-order valence-corrected chi connectivity index (χ0v) is 10.7. The Kier molecular flexibility index (Phi) is 2.87. The highest BCUT2D eigenvalue weighted by atomic mass is 16.5. The molecule has 3 rings (SSSR count). The third-order valence-corrected chi connectivity index (χ3v) is 4.34. The highest BCUT2D eigenvalue weighted by Gasteiger charge is 2.48. The fraction of sp³-hybridized carbons (Fsp3) is 0.923. The molecule has 0 aromatic rings. The maximum absolute atomic E-state index is 12.3. The van der Waals surface area contributed by atoms with Crippen LogP contribution in [0.1, 0.15) is 39.5 Å². The molecule has 0 aromatic carbocycles. The molecule has 1 aliphatic carbocycles. The Morgan fingerprint density at radius 1 is 1.41 bits per heavy atom. The third kappa shape index (κ3) is 1.87. The minimum absolute atomic E-state index is 0.0274. The molecule has 4 atom stereocenters. The molecule has 17 heavy (non-hydrogen) atoms. The van der Waals surface area contributed by atoms with E-state index < -0.39 is 0 Å². The molecule has 0 spiro atoms. The summed E-state index contributed by atoms with van der Waals surface area (Å²) in [5, 5.41) is 3.38. The van der Waals surface area contributed by atoms with Crippen molar-refractivity contribution in [1.29, 1.82) is 0 Å². The molecule has 0 bridgehead atoms. The van der Waals surface area contributed by atoms with Crippen LogP contribution in [0, 0.1) is 5.92 Å². The van der Waals surface area contributed by atoms with Gasteiger partial charge < -0.3 is 9.64 Å². The van der Waals surface area contributed by atoms with Crippen LogP contribution in [0.3, 0.4) is 0 Å². The molecule has 1 N–H and O–H groups in total. The molecule has 2 heterocycles. The van der Waals surface area contributed by atoms with E-state index in [0.717, 1.165) is 19.4 Å². The monoisotopic (exact) mass is 238 g/mol. The van der Waals surface area contributed by atoms with Crippen molar-refractivity contribution in [2.24, 2.45) is 5.92 Å². The van der Waals surface area contributed by atoms with E-state index in [4.69, 9.17) is 4.74 Å². The maximum Gasteiger partial charge on any atom is 0.241 e. The van der Waals surface area contributed by atoms with Gasteiger partial charge in [0.1, 0.15) is 0 Å². The normalized spacial score (nSPS) is 42.5. The highest BCUT2D eigenvalue weighted by molar-refractivity contribution is 5.84. The highest BCUT2D eigenvalue weighted by Crippen LogP contribution is 2.41. The molecule has 1 saturated carbocycles. The second kappa shape index (κ2) is 4.25. The number of nitrogens with one attached hydrogen (secondary N) is 1. The Morgan fingerprint density at radius 3 is 2.82 bits per heavy atom. The average molecular weight is 238 g/mol. The van der Waals surface area contributed by atoms with E-state index in [9.17, 15) is 4.79 Å². The first-order chi connectivity index (χ1) is 8.22. The first kappa shape index (κ1) is 11.5. The predicted molar refractivity (Wildman–Crippen MR) is 64.4 cm³/mol. The average Bonchev–Trinajstić information content (AvgIpc) is 2.99. The van der Waals surface area contributed by atoms with Crippen molar-refractivity contribution in [2.75, 3.05) is 6.61 Å². The molecular weight excluding hydrogens is 216 g/mol. The quantitative estimate of drug-likeness (QED) is 0.801. The van der Waals surface area contributed by atoms with Gasteiger partial charge in [0, 0.05) is 6.61 Å². The Morgan fingerprint density at radius 2 is 2.18 bits per heavy atom. The lowest BCUT2D eigenvalue weighted by molar-refractivity contribution is -0.133. The number of hydrogen-bond donors (Lipinski definition) is 1. The second-order valence-corrected chi connectivity index (χ2v) is 5.59. The van der Waals surface area contributed by atoms with Crippen LogP contribution < -0.4 is 5.32 Å². The molecular formula is C13H22N2O2. The lowest BCUT2D eigenvalue weighted by Gasteiger charge is -2.32. The molecule has 2 saturated heterocycles. The largest absolute Gasteiger partial charge is 0.376 e. The van der Waals surface area contributed by atoms with E-state index >= 15 is 0 Å². The standard InChI is InChI=1S/C13H22N2O2/c1-3-11-14-8(2)13(16)15(11)10-6-7-17-12(10)9-4-5-9/h8-12,14H,3-7H2,1-2H3. The summed E-state index contributed by atoms with van der Waals surface area (Å²) in [4.78, 5) is 14.3. The van der Waals surface area contributed by atoms with E-state index in [0.29, 0.717) is 18.1 Å². The fourth-order valence-electron chi connectivity index (χ4n) is 3.30. The minimum Gasteiger partial charge on any atom is -0.376 e. The number of nitrogens with zero attached hydrogens (tertiary/aromatic N) is 1. The van der Waals surface area contributed by atoms with Gasteiger partial charge in [0.05, 0.1) is 24.4 Å². The van der Waals surface area contributed by atoms with Gasteiger partial charge >= 0.3 is 0 Å². The van der Waals surface area contributed by atoms with Gasteiger partial charge in [0.2, 0.25) is 5.91 Å². The van der Waals surface area contributed by atoms with Crippen molar-refractivity contribution in [2.45, 2.75) is 63.9 Å². The number of amides is 1. The van der Waals surface area contributed by atoms with Crippen LogP contribution in [-0.4, -0.2) is 41.8 Å². The van der Waals surface area contributed by atoms with Gasteiger partial charge in [-0.15, -0.1) is 0 Å². The summed E-state index contributed by atoms with van der Waals surface area (Å²) in [7, 11) is 0. The maximum atomic E-state index is 12.3. The summed E-state index contributed by atoms with van der Waals surface area (Å²) in [6.07, 6.45) is 5.07. The van der Waals surface area contributed by atoms with Gasteiger partial charge in [-0.25, -0.2) is 0 Å². The van der Waals surface area contributed by atoms with Crippen molar-refractivity contribution < 1.29 is 9.53 Å². The van der Waals surface area contributed by atoms with E-state index in [2.05, 4.69) is 17.1 Å². The molecule has 4 heteroatoms. The summed E-state index contributed by atoms with van der Waals surface area (Å²) in [5.74, 6) is 0.974. The molecule has 0 aromatic heterocycles. The van der Waals surface area contributed by atoms with Crippen LogP contribution in [-0.2, 0) is 9.53 Å². The third-order valence-electron chi connectivity index (χ3n) is 4.34. The van der Waals surface area contributed by atoms with E-state index in [1.165, 1.54) is 12.8 Å². The number of ether oxygens (including phenoxy) is 1. The zero-order chi connectivity index (χ0) is 12.0. The van der Waals surface area contributed by atoms with Crippen LogP contribution in [0.25, 0.3) is 0 Å². The Balaban J connectivity index is 1.78. The summed E-state index contributed by atoms with van der Waals surface area (Å²) in [6, 6.07) is 0.290. The van der Waals surface area contributed by atoms with Gasteiger partial charge in [0.15, 0.2) is 0 Å². The van der Waals surface area contributed by atoms with Crippen molar-refractivity contribution in [1.82, 2.24) is 10.2 Å². The van der Waals surface area contributed by atoms with Crippen LogP contribution in [0.2, 0.25) is 0 Å². The van der Waals surface area contributed by atoms with Crippen molar-refractivity contribution in [3.05, 3.63) is 0 Å². The van der Waals surface area contributed by atoms with E-state index in [-0.39, 0.29) is 18.1 Å².